The molecule has 3 heterocycles. The van der Waals surface area contributed by atoms with Crippen molar-refractivity contribution in [3.63, 3.8) is 0 Å². The van der Waals surface area contributed by atoms with E-state index in [1.165, 1.54) is 0 Å². The summed E-state index contributed by atoms with van der Waals surface area (Å²) in [6.45, 7) is 0.397. The van der Waals surface area contributed by atoms with Gasteiger partial charge in [0.05, 0.1) is 11.8 Å². The highest BCUT2D eigenvalue weighted by Gasteiger charge is 2.17. The number of nitrogens with zero attached hydrogens (tertiary/aromatic N) is 4. The number of amides is 1. The van der Waals surface area contributed by atoms with Crippen molar-refractivity contribution in [2.45, 2.75) is 23.9 Å². The first kappa shape index (κ1) is 17.3. The van der Waals surface area contributed by atoms with Crippen molar-refractivity contribution >= 4 is 28.6 Å². The zero-order chi connectivity index (χ0) is 18.6. The molecule has 136 valence electrons. The predicted molar refractivity (Wildman–Crippen MR) is 103 cm³/mol. The third-order valence-electron chi connectivity index (χ3n) is 4.11. The van der Waals surface area contributed by atoms with Gasteiger partial charge in [0, 0.05) is 30.3 Å². The van der Waals surface area contributed by atoms with Crippen molar-refractivity contribution in [3.05, 3.63) is 60.5 Å². The van der Waals surface area contributed by atoms with Crippen LogP contribution in [0.1, 0.15) is 12.0 Å². The maximum absolute atomic E-state index is 11.3. The Labute approximate surface area is 159 Å². The van der Waals surface area contributed by atoms with Crippen LogP contribution in [0.15, 0.2) is 64.5 Å². The topological polar surface area (TPSA) is 99.8 Å². The van der Waals surface area contributed by atoms with Crippen molar-refractivity contribution in [2.24, 2.45) is 5.73 Å². The van der Waals surface area contributed by atoms with Crippen molar-refractivity contribution in [3.8, 4) is 11.6 Å². The van der Waals surface area contributed by atoms with Gasteiger partial charge < -0.3 is 10.2 Å². The van der Waals surface area contributed by atoms with Crippen LogP contribution in [-0.2, 0) is 17.1 Å². The average Bonchev–Trinajstić information content (AvgIpc) is 3.34. The monoisotopic (exact) mass is 379 g/mol. The normalized spacial score (nSPS) is 11.1. The highest BCUT2D eigenvalue weighted by molar-refractivity contribution is 7.98. The minimum Gasteiger partial charge on any atom is -0.461 e. The molecule has 2 N–H and O–H groups in total. The predicted octanol–water partition coefficient (Wildman–Crippen LogP) is 3.25. The number of carbonyl (C=O) groups excluding carboxylic acids is 1. The van der Waals surface area contributed by atoms with Crippen LogP contribution in [0.4, 0.5) is 0 Å². The van der Waals surface area contributed by atoms with Gasteiger partial charge in [-0.1, -0.05) is 36.0 Å². The molecule has 4 rings (SSSR count). The lowest BCUT2D eigenvalue weighted by Gasteiger charge is -2.09. The Morgan fingerprint density at radius 2 is 2.04 bits per heavy atom. The van der Waals surface area contributed by atoms with E-state index < -0.39 is 0 Å². The Hall–Kier alpha value is -3.13. The van der Waals surface area contributed by atoms with Crippen LogP contribution in [-0.4, -0.2) is 25.7 Å². The number of pyridine rings is 1. The number of hydrogen-bond donors (Lipinski definition) is 1. The van der Waals surface area contributed by atoms with E-state index in [1.807, 2.05) is 34.9 Å². The van der Waals surface area contributed by atoms with E-state index in [2.05, 4.69) is 21.2 Å². The first-order valence-corrected chi connectivity index (χ1v) is 9.42. The third-order valence-corrected chi connectivity index (χ3v) is 5.13. The summed E-state index contributed by atoms with van der Waals surface area (Å²) in [6, 6.07) is 13.7. The summed E-state index contributed by atoms with van der Waals surface area (Å²) in [5.74, 6) is 1.50. The summed E-state index contributed by atoms with van der Waals surface area (Å²) in [5.41, 5.74) is 7.41. The Balaban J connectivity index is 1.62. The molecule has 27 heavy (non-hydrogen) atoms. The second-order valence-electron chi connectivity index (χ2n) is 5.93. The molecule has 0 aliphatic heterocycles. The van der Waals surface area contributed by atoms with E-state index >= 15 is 0 Å². The van der Waals surface area contributed by atoms with Gasteiger partial charge in [-0.05, 0) is 23.8 Å². The number of para-hydroxylation sites is 1. The zero-order valence-electron chi connectivity index (χ0n) is 14.4. The lowest BCUT2D eigenvalue weighted by Crippen LogP contribution is -2.15. The molecule has 0 bridgehead atoms. The van der Waals surface area contributed by atoms with E-state index in [1.54, 1.807) is 30.3 Å². The van der Waals surface area contributed by atoms with Crippen molar-refractivity contribution < 1.29 is 9.21 Å². The van der Waals surface area contributed by atoms with E-state index in [-0.39, 0.29) is 12.3 Å². The molecule has 1 amide bonds. The molecule has 0 spiro atoms. The molecule has 0 radical (unpaired) electrons. The molecule has 0 aliphatic rings. The lowest BCUT2D eigenvalue weighted by atomic mass is 10.1. The summed E-state index contributed by atoms with van der Waals surface area (Å²) in [5, 5.41) is 10.3. The van der Waals surface area contributed by atoms with Crippen LogP contribution in [0.2, 0.25) is 0 Å². The van der Waals surface area contributed by atoms with Gasteiger partial charge >= 0.3 is 0 Å². The van der Waals surface area contributed by atoms with Gasteiger partial charge in [-0.25, -0.2) is 0 Å². The largest absolute Gasteiger partial charge is 0.461 e. The molecular weight excluding hydrogens is 362 g/mol. The van der Waals surface area contributed by atoms with Crippen LogP contribution < -0.4 is 5.73 Å². The highest BCUT2D eigenvalue weighted by Crippen LogP contribution is 2.28. The third kappa shape index (κ3) is 3.70. The molecule has 8 heteroatoms. The fourth-order valence-corrected chi connectivity index (χ4v) is 3.78. The van der Waals surface area contributed by atoms with E-state index in [0.717, 1.165) is 16.5 Å². The summed E-state index contributed by atoms with van der Waals surface area (Å²) in [7, 11) is 0. The molecule has 0 saturated carbocycles. The number of hydrogen-bond acceptors (Lipinski definition) is 6. The number of primary amides is 1. The Bertz CT molecular complexity index is 1070. The summed E-state index contributed by atoms with van der Waals surface area (Å²) >= 11 is 1.54. The number of fused-ring (bicyclic) bond motifs is 1. The lowest BCUT2D eigenvalue weighted by molar-refractivity contribution is -0.118. The smallest absolute Gasteiger partial charge is 0.219 e. The maximum Gasteiger partial charge on any atom is 0.219 e. The quantitative estimate of drug-likeness (QED) is 0.495. The molecule has 0 unspecified atom stereocenters. The summed E-state index contributed by atoms with van der Waals surface area (Å²) < 4.78 is 7.31. The first-order valence-electron chi connectivity index (χ1n) is 8.43. The highest BCUT2D eigenvalue weighted by atomic mass is 32.2. The van der Waals surface area contributed by atoms with Gasteiger partial charge in [0.1, 0.15) is 0 Å². The molecule has 0 fully saturated rings. The van der Waals surface area contributed by atoms with Crippen LogP contribution in [0.25, 0.3) is 22.5 Å². The molecule has 0 aliphatic carbocycles. The van der Waals surface area contributed by atoms with Gasteiger partial charge in [0.25, 0.3) is 0 Å². The zero-order valence-corrected chi connectivity index (χ0v) is 15.2. The van der Waals surface area contributed by atoms with Gasteiger partial charge in [-0.2, -0.15) is 0 Å². The van der Waals surface area contributed by atoms with Crippen LogP contribution in [0.5, 0.6) is 0 Å². The number of furan rings is 1. The SMILES string of the molecule is NC(=O)CCn1c(SCc2cccc3cccnc23)nnc1-c1ccco1. The minimum atomic E-state index is -0.372. The number of aromatic nitrogens is 4. The molecule has 0 saturated heterocycles. The molecule has 7 nitrogen and oxygen atoms in total. The number of thioether (sulfide) groups is 1. The molecule has 4 aromatic rings. The molecule has 0 atom stereocenters. The van der Waals surface area contributed by atoms with Gasteiger partial charge in [-0.15, -0.1) is 10.2 Å². The van der Waals surface area contributed by atoms with Crippen molar-refractivity contribution in [1.82, 2.24) is 19.7 Å². The molecule has 1 aromatic carbocycles. The summed E-state index contributed by atoms with van der Waals surface area (Å²) in [6.07, 6.45) is 3.58. The fourth-order valence-electron chi connectivity index (χ4n) is 2.83. The first-order chi connectivity index (χ1) is 13.2. The Morgan fingerprint density at radius 1 is 1.15 bits per heavy atom. The van der Waals surface area contributed by atoms with Gasteiger partial charge in [0.2, 0.25) is 5.91 Å². The Morgan fingerprint density at radius 3 is 2.85 bits per heavy atom. The minimum absolute atomic E-state index is 0.204. The van der Waals surface area contributed by atoms with E-state index in [0.29, 0.717) is 29.0 Å². The molecular formula is C19H17N5O2S. The van der Waals surface area contributed by atoms with E-state index in [4.69, 9.17) is 10.2 Å². The average molecular weight is 379 g/mol. The number of benzene rings is 1. The Kier molecular flexibility index (Phi) is 4.88. The second kappa shape index (κ2) is 7.63. The van der Waals surface area contributed by atoms with Crippen LogP contribution >= 0.6 is 11.8 Å². The van der Waals surface area contributed by atoms with Crippen molar-refractivity contribution in [1.29, 1.82) is 0 Å². The second-order valence-corrected chi connectivity index (χ2v) is 6.87. The number of nitrogens with two attached hydrogens (primary N) is 1. The van der Waals surface area contributed by atoms with Crippen molar-refractivity contribution in [2.75, 3.05) is 0 Å². The molecule has 3 aromatic heterocycles. The summed E-state index contributed by atoms with van der Waals surface area (Å²) in [4.78, 5) is 15.7. The van der Waals surface area contributed by atoms with Gasteiger partial charge in [-0.3, -0.25) is 14.3 Å². The standard InChI is InChI=1S/C19H17N5O2S/c20-16(25)8-10-24-18(15-7-3-11-26-15)22-23-19(24)27-12-14-5-1-4-13-6-2-9-21-17(13)14/h1-7,9,11H,8,10,12H2,(H2,20,25). The number of carbonyl (C=O) groups is 1. The van der Waals surface area contributed by atoms with E-state index in [9.17, 15) is 4.79 Å². The maximum atomic E-state index is 11.3. The van der Waals surface area contributed by atoms with Gasteiger partial charge in [0.15, 0.2) is 16.7 Å². The fraction of sp³-hybridized carbons (Fsp3) is 0.158. The van der Waals surface area contributed by atoms with Crippen LogP contribution in [0, 0.1) is 0 Å². The van der Waals surface area contributed by atoms with Crippen LogP contribution in [0.3, 0.4) is 0 Å². The number of rotatable bonds is 7.